The lowest BCUT2D eigenvalue weighted by Crippen LogP contribution is -2.31. The van der Waals surface area contributed by atoms with Crippen LogP contribution in [0.2, 0.25) is 0 Å². The lowest BCUT2D eigenvalue weighted by molar-refractivity contribution is -0.141. The number of nitrogens with one attached hydrogen (secondary N) is 1. The van der Waals surface area contributed by atoms with Gasteiger partial charge in [0.15, 0.2) is 11.5 Å². The Hall–Kier alpha value is -3.31. The van der Waals surface area contributed by atoms with Crippen LogP contribution in [0.3, 0.4) is 0 Å². The van der Waals surface area contributed by atoms with Crippen molar-refractivity contribution in [2.45, 2.75) is 83.0 Å². The van der Waals surface area contributed by atoms with E-state index in [0.29, 0.717) is 52.6 Å². The number of rotatable bonds is 7. The maximum Gasteiger partial charge on any atom is 0.435 e. The van der Waals surface area contributed by atoms with Crippen molar-refractivity contribution in [3.63, 3.8) is 0 Å². The van der Waals surface area contributed by atoms with E-state index in [1.54, 1.807) is 18.7 Å². The molecule has 3 aromatic heterocycles. The summed E-state index contributed by atoms with van der Waals surface area (Å²) in [5.41, 5.74) is 1.39. The van der Waals surface area contributed by atoms with Crippen LogP contribution in [0, 0.1) is 24.7 Å². The average Bonchev–Trinajstić information content (AvgIpc) is 3.56. The van der Waals surface area contributed by atoms with E-state index < -0.39 is 11.9 Å². The number of hydrogen-bond acceptors (Lipinski definition) is 8. The van der Waals surface area contributed by atoms with Gasteiger partial charge in [-0.05, 0) is 82.6 Å². The van der Waals surface area contributed by atoms with Gasteiger partial charge in [0.2, 0.25) is 11.8 Å². The Balaban J connectivity index is 1.20. The highest BCUT2D eigenvalue weighted by molar-refractivity contribution is 5.66. The number of fused-ring (bicyclic) bond motifs is 2. The molecule has 208 valence electrons. The quantitative estimate of drug-likeness (QED) is 0.411. The molecule has 0 aliphatic heterocycles. The lowest BCUT2D eigenvalue weighted by Gasteiger charge is -2.30. The molecule has 0 radical (unpaired) electrons. The van der Waals surface area contributed by atoms with Crippen LogP contribution in [-0.4, -0.2) is 47.9 Å². The Morgan fingerprint density at radius 2 is 1.77 bits per heavy atom. The zero-order valence-electron chi connectivity index (χ0n) is 22.3. The molecule has 3 heterocycles. The summed E-state index contributed by atoms with van der Waals surface area (Å²) in [5, 5.41) is 7.51. The van der Waals surface area contributed by atoms with Gasteiger partial charge in [-0.3, -0.25) is 4.68 Å². The summed E-state index contributed by atoms with van der Waals surface area (Å²) in [4.78, 5) is 22.3. The Morgan fingerprint density at radius 1 is 1.00 bits per heavy atom. The number of halogens is 3. The lowest BCUT2D eigenvalue weighted by atomic mass is 9.82. The number of alkyl halides is 3. The topological polar surface area (TPSA) is 104 Å². The van der Waals surface area contributed by atoms with Crippen molar-refractivity contribution >= 4 is 5.95 Å². The molecule has 3 aromatic rings. The zero-order chi connectivity index (χ0) is 27.3. The standard InChI is InChI=1S/C27H33F3N8O/c1-14-10-21(27(28,29)30)37-38(14)20-9-8-19(17-6-7-18(20)11-17)15(2)35-26-34-13-32-24(36-26)22-23(16-4-5-16)31-12-33-25(22)39-3/h10,12-13,15-20H,4-9,11H2,1-3H3,(H,32,34,35,36)/t15-,17?,18?,19?,20-/m1/s1. The van der Waals surface area contributed by atoms with E-state index in [-0.39, 0.29) is 12.1 Å². The van der Waals surface area contributed by atoms with Crippen LogP contribution in [0.1, 0.15) is 80.9 Å². The first kappa shape index (κ1) is 25.9. The van der Waals surface area contributed by atoms with Crippen molar-refractivity contribution in [3.8, 4) is 17.3 Å². The van der Waals surface area contributed by atoms with Gasteiger partial charge in [0.25, 0.3) is 0 Å². The first-order valence-electron chi connectivity index (χ1n) is 13.7. The second-order valence-corrected chi connectivity index (χ2v) is 11.2. The SMILES string of the molecule is COc1ncnc(C2CC2)c1-c1ncnc(N[C@H](C)C2CC[C@@H](n3nc(C(F)(F)F)cc3C)C3CCC2C3)n1. The van der Waals surface area contributed by atoms with E-state index in [0.717, 1.165) is 50.6 Å². The number of hydrogen-bond donors (Lipinski definition) is 1. The van der Waals surface area contributed by atoms with Crippen molar-refractivity contribution in [2.75, 3.05) is 12.4 Å². The fourth-order valence-corrected chi connectivity index (χ4v) is 6.78. The van der Waals surface area contributed by atoms with Gasteiger partial charge in [0.1, 0.15) is 18.2 Å². The third kappa shape index (κ3) is 5.05. The number of aryl methyl sites for hydroxylation is 1. The molecule has 9 nitrogen and oxygen atoms in total. The van der Waals surface area contributed by atoms with E-state index in [1.807, 2.05) is 0 Å². The van der Waals surface area contributed by atoms with Gasteiger partial charge in [-0.15, -0.1) is 0 Å². The zero-order valence-corrected chi connectivity index (χ0v) is 22.3. The smallest absolute Gasteiger partial charge is 0.435 e. The molecule has 2 bridgehead atoms. The van der Waals surface area contributed by atoms with Crippen LogP contribution < -0.4 is 10.1 Å². The summed E-state index contributed by atoms with van der Waals surface area (Å²) in [7, 11) is 1.58. The maximum atomic E-state index is 13.3. The Kier molecular flexibility index (Phi) is 6.66. The molecule has 1 N–H and O–H groups in total. The van der Waals surface area contributed by atoms with Crippen LogP contribution >= 0.6 is 0 Å². The minimum Gasteiger partial charge on any atom is -0.480 e. The van der Waals surface area contributed by atoms with Crippen molar-refractivity contribution in [1.82, 2.24) is 34.7 Å². The number of methoxy groups -OCH3 is 1. The second kappa shape index (κ2) is 10.0. The molecule has 5 atom stereocenters. The highest BCUT2D eigenvalue weighted by atomic mass is 19.4. The highest BCUT2D eigenvalue weighted by Gasteiger charge is 2.43. The summed E-state index contributed by atoms with van der Waals surface area (Å²) in [6.07, 6.45) is 5.47. The normalized spacial score (nSPS) is 25.8. The minimum atomic E-state index is -4.43. The van der Waals surface area contributed by atoms with Crippen LogP contribution in [0.15, 0.2) is 18.7 Å². The molecule has 0 spiro atoms. The Bertz CT molecular complexity index is 1340. The highest BCUT2D eigenvalue weighted by Crippen LogP contribution is 2.50. The number of aromatic nitrogens is 7. The first-order valence-corrected chi connectivity index (χ1v) is 13.7. The molecule has 39 heavy (non-hydrogen) atoms. The Labute approximate surface area is 225 Å². The third-order valence-corrected chi connectivity index (χ3v) is 8.78. The predicted octanol–water partition coefficient (Wildman–Crippen LogP) is 5.61. The van der Waals surface area contributed by atoms with Crippen molar-refractivity contribution in [1.29, 1.82) is 0 Å². The van der Waals surface area contributed by atoms with Gasteiger partial charge in [0, 0.05) is 17.7 Å². The molecular formula is C27H33F3N8O. The molecule has 6 rings (SSSR count). The summed E-state index contributed by atoms with van der Waals surface area (Å²) in [5.74, 6) is 2.95. The fraction of sp³-hybridized carbons (Fsp3) is 0.630. The van der Waals surface area contributed by atoms with Crippen LogP contribution in [-0.2, 0) is 6.18 Å². The summed E-state index contributed by atoms with van der Waals surface area (Å²) in [6.45, 7) is 3.87. The van der Waals surface area contributed by atoms with Crippen molar-refractivity contribution in [3.05, 3.63) is 35.8 Å². The second-order valence-electron chi connectivity index (χ2n) is 11.2. The average molecular weight is 543 g/mol. The van der Waals surface area contributed by atoms with Gasteiger partial charge in [-0.25, -0.2) is 19.9 Å². The van der Waals surface area contributed by atoms with Gasteiger partial charge in [-0.2, -0.15) is 23.3 Å². The van der Waals surface area contributed by atoms with Crippen LogP contribution in [0.5, 0.6) is 5.88 Å². The van der Waals surface area contributed by atoms with E-state index in [9.17, 15) is 13.2 Å². The van der Waals surface area contributed by atoms with Crippen molar-refractivity contribution in [2.24, 2.45) is 17.8 Å². The predicted molar refractivity (Wildman–Crippen MR) is 137 cm³/mol. The van der Waals surface area contributed by atoms with Crippen LogP contribution in [0.4, 0.5) is 19.1 Å². The summed E-state index contributed by atoms with van der Waals surface area (Å²) >= 11 is 0. The molecule has 3 aliphatic carbocycles. The molecule has 0 aromatic carbocycles. The molecule has 12 heteroatoms. The summed E-state index contributed by atoms with van der Waals surface area (Å²) in [6, 6.07) is 1.22. The van der Waals surface area contributed by atoms with Gasteiger partial charge < -0.3 is 10.1 Å². The molecular weight excluding hydrogens is 509 g/mol. The number of anilines is 1. The molecule has 3 unspecified atom stereocenters. The molecule has 3 fully saturated rings. The van der Waals surface area contributed by atoms with Gasteiger partial charge in [0.05, 0.1) is 18.8 Å². The minimum absolute atomic E-state index is 0.0153. The first-order chi connectivity index (χ1) is 18.7. The van der Waals surface area contributed by atoms with E-state index in [1.165, 1.54) is 18.7 Å². The monoisotopic (exact) mass is 542 g/mol. The van der Waals surface area contributed by atoms with E-state index in [2.05, 4.69) is 37.3 Å². The number of ether oxygens (including phenoxy) is 1. The van der Waals surface area contributed by atoms with Gasteiger partial charge >= 0.3 is 6.18 Å². The molecule has 3 aliphatic rings. The number of nitrogens with zero attached hydrogens (tertiary/aromatic N) is 7. The Morgan fingerprint density at radius 3 is 2.49 bits per heavy atom. The third-order valence-electron chi connectivity index (χ3n) is 8.78. The van der Waals surface area contributed by atoms with E-state index in [4.69, 9.17) is 9.72 Å². The van der Waals surface area contributed by atoms with Crippen molar-refractivity contribution < 1.29 is 17.9 Å². The summed E-state index contributed by atoms with van der Waals surface area (Å²) < 4.78 is 47.1. The fourth-order valence-electron chi connectivity index (χ4n) is 6.78. The van der Waals surface area contributed by atoms with Crippen LogP contribution in [0.25, 0.3) is 11.4 Å². The largest absolute Gasteiger partial charge is 0.480 e. The molecule has 0 amide bonds. The maximum absolute atomic E-state index is 13.3. The van der Waals surface area contributed by atoms with Gasteiger partial charge in [-0.1, -0.05) is 0 Å². The molecule has 0 saturated heterocycles. The molecule has 3 saturated carbocycles. The van der Waals surface area contributed by atoms with E-state index >= 15 is 0 Å².